The van der Waals surface area contributed by atoms with E-state index in [0.717, 1.165) is 5.56 Å². The van der Waals surface area contributed by atoms with Crippen molar-refractivity contribution in [2.24, 2.45) is 7.05 Å². The number of hydrogen-bond donors (Lipinski definition) is 2. The summed E-state index contributed by atoms with van der Waals surface area (Å²) in [6.45, 7) is 2.09. The Morgan fingerprint density at radius 1 is 1.29 bits per heavy atom. The molecule has 3 rings (SSSR count). The van der Waals surface area contributed by atoms with E-state index in [0.29, 0.717) is 21.7 Å². The number of aromatic nitrogens is 3. The largest absolute Gasteiger partial charge is 0.459 e. The lowest BCUT2D eigenvalue weighted by Gasteiger charge is -2.07. The first-order valence-electron chi connectivity index (χ1n) is 8.33. The van der Waals surface area contributed by atoms with Gasteiger partial charge < -0.3 is 19.6 Å². The van der Waals surface area contributed by atoms with Gasteiger partial charge in [-0.1, -0.05) is 29.4 Å². The predicted molar refractivity (Wildman–Crippen MR) is 106 cm³/mol. The lowest BCUT2D eigenvalue weighted by Crippen LogP contribution is -2.24. The van der Waals surface area contributed by atoms with Crippen LogP contribution in [0.4, 0.5) is 5.69 Å². The molecule has 0 unspecified atom stereocenters. The zero-order valence-electron chi connectivity index (χ0n) is 15.2. The standard InChI is InChI=1S/C18H18ClN5O3S/c1-11-5-6-12(8-13(11)19)21-16(25)10-28-18-23-22-15(24(18)2)9-20-17(26)14-4-3-7-27-14/h3-8H,9-10H2,1-2H3,(H,20,26)(H,21,25). The summed E-state index contributed by atoms with van der Waals surface area (Å²) in [5.74, 6) is 0.438. The molecular weight excluding hydrogens is 402 g/mol. The molecule has 28 heavy (non-hydrogen) atoms. The van der Waals surface area contributed by atoms with Gasteiger partial charge in [-0.3, -0.25) is 9.59 Å². The molecule has 0 bridgehead atoms. The molecule has 1 aromatic carbocycles. The van der Waals surface area contributed by atoms with Gasteiger partial charge in [0, 0.05) is 17.8 Å². The molecule has 146 valence electrons. The van der Waals surface area contributed by atoms with Crippen molar-refractivity contribution >= 4 is 40.9 Å². The first-order valence-corrected chi connectivity index (χ1v) is 9.69. The maximum Gasteiger partial charge on any atom is 0.287 e. The maximum absolute atomic E-state index is 12.1. The second-order valence-electron chi connectivity index (χ2n) is 5.92. The highest BCUT2D eigenvalue weighted by molar-refractivity contribution is 7.99. The molecule has 0 saturated heterocycles. The smallest absolute Gasteiger partial charge is 0.287 e. The van der Waals surface area contributed by atoms with Gasteiger partial charge in [-0.25, -0.2) is 0 Å². The minimum Gasteiger partial charge on any atom is -0.459 e. The Hall–Kier alpha value is -2.78. The van der Waals surface area contributed by atoms with Crippen molar-refractivity contribution in [3.63, 3.8) is 0 Å². The minimum atomic E-state index is -0.335. The van der Waals surface area contributed by atoms with E-state index in [2.05, 4.69) is 20.8 Å². The number of rotatable bonds is 7. The molecule has 10 heteroatoms. The first kappa shape index (κ1) is 20.0. The van der Waals surface area contributed by atoms with Crippen LogP contribution in [0, 0.1) is 6.92 Å². The molecule has 0 atom stereocenters. The van der Waals surface area contributed by atoms with Crippen LogP contribution < -0.4 is 10.6 Å². The molecular formula is C18H18ClN5O3S. The topological polar surface area (TPSA) is 102 Å². The van der Waals surface area contributed by atoms with Gasteiger partial charge in [0.2, 0.25) is 5.91 Å². The Balaban J connectivity index is 1.51. The van der Waals surface area contributed by atoms with Crippen LogP contribution in [-0.2, 0) is 18.4 Å². The number of benzene rings is 1. The van der Waals surface area contributed by atoms with Crippen LogP contribution in [0.1, 0.15) is 21.9 Å². The first-order chi connectivity index (χ1) is 13.4. The Morgan fingerprint density at radius 3 is 2.82 bits per heavy atom. The van der Waals surface area contributed by atoms with E-state index in [1.54, 1.807) is 35.9 Å². The summed E-state index contributed by atoms with van der Waals surface area (Å²) in [5.41, 5.74) is 1.58. The monoisotopic (exact) mass is 419 g/mol. The van der Waals surface area contributed by atoms with Crippen molar-refractivity contribution in [1.82, 2.24) is 20.1 Å². The molecule has 0 radical (unpaired) electrons. The van der Waals surface area contributed by atoms with Crippen molar-refractivity contribution in [3.05, 3.63) is 58.8 Å². The Morgan fingerprint density at radius 2 is 2.11 bits per heavy atom. The van der Waals surface area contributed by atoms with Gasteiger partial charge in [-0.05, 0) is 36.8 Å². The van der Waals surface area contributed by atoms with E-state index in [1.807, 2.05) is 13.0 Å². The summed E-state index contributed by atoms with van der Waals surface area (Å²) < 4.78 is 6.76. The number of furan rings is 1. The number of amides is 2. The van der Waals surface area contributed by atoms with Gasteiger partial charge in [-0.2, -0.15) is 0 Å². The lowest BCUT2D eigenvalue weighted by molar-refractivity contribution is -0.113. The van der Waals surface area contributed by atoms with Crippen molar-refractivity contribution < 1.29 is 14.0 Å². The quantitative estimate of drug-likeness (QED) is 0.571. The van der Waals surface area contributed by atoms with E-state index in [9.17, 15) is 9.59 Å². The number of thioether (sulfide) groups is 1. The number of nitrogens with one attached hydrogen (secondary N) is 2. The van der Waals surface area contributed by atoms with Crippen molar-refractivity contribution in [2.45, 2.75) is 18.6 Å². The molecule has 0 aliphatic rings. The number of halogens is 1. The second-order valence-corrected chi connectivity index (χ2v) is 7.27. The molecule has 2 amide bonds. The van der Waals surface area contributed by atoms with Crippen LogP contribution in [-0.4, -0.2) is 32.3 Å². The fourth-order valence-electron chi connectivity index (χ4n) is 2.28. The third-order valence-electron chi connectivity index (χ3n) is 3.87. The van der Waals surface area contributed by atoms with Crippen molar-refractivity contribution in [1.29, 1.82) is 0 Å². The summed E-state index contributed by atoms with van der Waals surface area (Å²) in [5, 5.41) is 14.8. The number of hydrogen-bond acceptors (Lipinski definition) is 6. The highest BCUT2D eigenvalue weighted by atomic mass is 35.5. The zero-order valence-corrected chi connectivity index (χ0v) is 16.8. The van der Waals surface area contributed by atoms with E-state index in [-0.39, 0.29) is 29.9 Å². The fraction of sp³-hybridized carbons (Fsp3) is 0.222. The van der Waals surface area contributed by atoms with Crippen LogP contribution in [0.5, 0.6) is 0 Å². The SMILES string of the molecule is Cc1ccc(NC(=O)CSc2nnc(CNC(=O)c3ccco3)n2C)cc1Cl. The molecule has 0 saturated carbocycles. The minimum absolute atomic E-state index is 0.163. The summed E-state index contributed by atoms with van der Waals surface area (Å²) >= 11 is 7.31. The number of carbonyl (C=O) groups excluding carboxylic acids is 2. The molecule has 0 fully saturated rings. The van der Waals surface area contributed by atoms with Gasteiger partial charge in [0.25, 0.3) is 5.91 Å². The van der Waals surface area contributed by atoms with E-state index < -0.39 is 0 Å². The average molecular weight is 420 g/mol. The summed E-state index contributed by atoms with van der Waals surface area (Å²) in [7, 11) is 1.77. The Kier molecular flexibility index (Phi) is 6.37. The number of anilines is 1. The number of aryl methyl sites for hydroxylation is 1. The molecule has 8 nitrogen and oxygen atoms in total. The molecule has 2 aromatic heterocycles. The van der Waals surface area contributed by atoms with Crippen molar-refractivity contribution in [3.8, 4) is 0 Å². The van der Waals surface area contributed by atoms with Gasteiger partial charge in [0.05, 0.1) is 18.6 Å². The third-order valence-corrected chi connectivity index (χ3v) is 5.29. The maximum atomic E-state index is 12.1. The molecule has 0 aliphatic heterocycles. The van der Waals surface area contributed by atoms with Gasteiger partial charge in [0.15, 0.2) is 16.7 Å². The van der Waals surface area contributed by atoms with Crippen molar-refractivity contribution in [2.75, 3.05) is 11.1 Å². The Bertz CT molecular complexity index is 987. The van der Waals surface area contributed by atoms with Crippen LogP contribution in [0.25, 0.3) is 0 Å². The highest BCUT2D eigenvalue weighted by Crippen LogP contribution is 2.21. The van der Waals surface area contributed by atoms with Crippen LogP contribution >= 0.6 is 23.4 Å². The van der Waals surface area contributed by atoms with E-state index in [1.165, 1.54) is 18.0 Å². The summed E-state index contributed by atoms with van der Waals surface area (Å²) in [4.78, 5) is 24.0. The molecule has 2 heterocycles. The number of carbonyl (C=O) groups is 2. The predicted octanol–water partition coefficient (Wildman–Crippen LogP) is 3.03. The summed E-state index contributed by atoms with van der Waals surface area (Å²) in [6.07, 6.45) is 1.43. The van der Waals surface area contributed by atoms with E-state index >= 15 is 0 Å². The molecule has 0 aliphatic carbocycles. The van der Waals surface area contributed by atoms with Gasteiger partial charge >= 0.3 is 0 Å². The molecule has 3 aromatic rings. The lowest BCUT2D eigenvalue weighted by atomic mass is 10.2. The van der Waals surface area contributed by atoms with Crippen LogP contribution in [0.3, 0.4) is 0 Å². The van der Waals surface area contributed by atoms with Gasteiger partial charge in [0.1, 0.15) is 0 Å². The zero-order chi connectivity index (χ0) is 20.1. The Labute approximate surface area is 170 Å². The van der Waals surface area contributed by atoms with Crippen LogP contribution in [0.2, 0.25) is 5.02 Å². The van der Waals surface area contributed by atoms with Gasteiger partial charge in [-0.15, -0.1) is 10.2 Å². The van der Waals surface area contributed by atoms with Crippen LogP contribution in [0.15, 0.2) is 46.2 Å². The fourth-order valence-corrected chi connectivity index (χ4v) is 3.19. The second kappa shape index (κ2) is 8.94. The highest BCUT2D eigenvalue weighted by Gasteiger charge is 2.14. The molecule has 0 spiro atoms. The van der Waals surface area contributed by atoms with E-state index in [4.69, 9.17) is 16.0 Å². The summed E-state index contributed by atoms with van der Waals surface area (Å²) in [6, 6.07) is 8.57. The average Bonchev–Trinajstić information content (AvgIpc) is 3.32. The normalized spacial score (nSPS) is 10.7. The number of nitrogens with zero attached hydrogens (tertiary/aromatic N) is 3. The third kappa shape index (κ3) is 4.93. The molecule has 2 N–H and O–H groups in total.